The fraction of sp³-hybridized carbons (Fsp3) is 0.533. The van der Waals surface area contributed by atoms with Crippen molar-refractivity contribution < 1.29 is 4.39 Å². The first-order chi connectivity index (χ1) is 9.60. The number of nitrogens with one attached hydrogen (secondary N) is 1. The molecule has 0 radical (unpaired) electrons. The van der Waals surface area contributed by atoms with Gasteiger partial charge in [-0.05, 0) is 53.7 Å². The number of fused-ring (bicyclic) bond motifs is 2. The normalized spacial score (nSPS) is 28.2. The first-order valence-corrected chi connectivity index (χ1v) is 7.76. The highest BCUT2D eigenvalue weighted by molar-refractivity contribution is 9.10. The van der Waals surface area contributed by atoms with Gasteiger partial charge >= 0.3 is 0 Å². The molecule has 0 saturated carbocycles. The minimum atomic E-state index is -0.336. The molecule has 2 heterocycles. The van der Waals surface area contributed by atoms with Crippen LogP contribution in [0.2, 0.25) is 0 Å². The second-order valence-corrected chi connectivity index (χ2v) is 6.54. The third-order valence-electron chi connectivity index (χ3n) is 4.56. The number of piperidine rings is 1. The van der Waals surface area contributed by atoms with E-state index in [1.807, 2.05) is 18.0 Å². The van der Waals surface area contributed by atoms with E-state index in [2.05, 4.69) is 21.2 Å². The van der Waals surface area contributed by atoms with Crippen LogP contribution < -0.4 is 10.2 Å². The van der Waals surface area contributed by atoms with E-state index >= 15 is 0 Å². The molecule has 2 aliphatic heterocycles. The molecule has 0 amide bonds. The highest BCUT2D eigenvalue weighted by Gasteiger charge is 2.35. The molecule has 3 nitrogen and oxygen atoms in total. The van der Waals surface area contributed by atoms with Gasteiger partial charge in [0.15, 0.2) is 5.82 Å². The van der Waals surface area contributed by atoms with Gasteiger partial charge in [-0.3, -0.25) is 0 Å². The molecular weight excluding hydrogens is 321 g/mol. The van der Waals surface area contributed by atoms with Gasteiger partial charge in [-0.1, -0.05) is 0 Å². The number of anilines is 1. The fourth-order valence-corrected chi connectivity index (χ4v) is 3.86. The molecule has 2 atom stereocenters. The molecule has 3 rings (SSSR count). The molecule has 2 unspecified atom stereocenters. The number of halogens is 2. The zero-order valence-electron chi connectivity index (χ0n) is 11.4. The van der Waals surface area contributed by atoms with Crippen LogP contribution in [0.5, 0.6) is 0 Å². The summed E-state index contributed by atoms with van der Waals surface area (Å²) < 4.78 is 14.7. The Bertz CT molecular complexity index is 557. The average molecular weight is 338 g/mol. The van der Waals surface area contributed by atoms with Gasteiger partial charge in [0.1, 0.15) is 6.07 Å². The summed E-state index contributed by atoms with van der Waals surface area (Å²) in [6, 6.07) is 6.89. The quantitative estimate of drug-likeness (QED) is 0.900. The topological polar surface area (TPSA) is 39.1 Å². The van der Waals surface area contributed by atoms with E-state index in [0.717, 1.165) is 12.8 Å². The lowest BCUT2D eigenvalue weighted by Crippen LogP contribution is -2.47. The van der Waals surface area contributed by atoms with E-state index in [1.54, 1.807) is 12.1 Å². The van der Waals surface area contributed by atoms with E-state index in [4.69, 9.17) is 5.26 Å². The molecule has 0 aromatic heterocycles. The van der Waals surface area contributed by atoms with Crippen molar-refractivity contribution in [3.8, 4) is 6.07 Å². The van der Waals surface area contributed by atoms with Crippen LogP contribution >= 0.6 is 15.9 Å². The van der Waals surface area contributed by atoms with Crippen LogP contribution in [0.3, 0.4) is 0 Å². The van der Waals surface area contributed by atoms with Gasteiger partial charge in [0, 0.05) is 25.2 Å². The Morgan fingerprint density at radius 3 is 2.60 bits per heavy atom. The molecule has 20 heavy (non-hydrogen) atoms. The van der Waals surface area contributed by atoms with Crippen LogP contribution in [-0.4, -0.2) is 25.2 Å². The van der Waals surface area contributed by atoms with E-state index in [0.29, 0.717) is 29.4 Å². The molecule has 2 fully saturated rings. The predicted molar refractivity (Wildman–Crippen MR) is 80.2 cm³/mol. The van der Waals surface area contributed by atoms with E-state index in [1.165, 1.54) is 12.8 Å². The van der Waals surface area contributed by atoms with Gasteiger partial charge in [0.05, 0.1) is 15.7 Å². The predicted octanol–water partition coefficient (Wildman–Crippen LogP) is 3.18. The Kier molecular flexibility index (Phi) is 3.70. The third-order valence-corrected chi connectivity index (χ3v) is 5.33. The highest BCUT2D eigenvalue weighted by atomic mass is 79.9. The monoisotopic (exact) mass is 337 g/mol. The first kappa shape index (κ1) is 13.8. The molecule has 1 aromatic rings. The summed E-state index contributed by atoms with van der Waals surface area (Å²) in [6.45, 7) is 0. The van der Waals surface area contributed by atoms with Gasteiger partial charge in [-0.2, -0.15) is 5.26 Å². The largest absolute Gasteiger partial charge is 0.369 e. The molecule has 2 bridgehead atoms. The van der Waals surface area contributed by atoms with Crippen molar-refractivity contribution in [2.75, 3.05) is 11.9 Å². The lowest BCUT2D eigenvalue weighted by Gasteiger charge is -2.37. The van der Waals surface area contributed by atoms with Gasteiger partial charge < -0.3 is 10.2 Å². The van der Waals surface area contributed by atoms with Gasteiger partial charge in [0.2, 0.25) is 0 Å². The molecule has 5 heteroatoms. The lowest BCUT2D eigenvalue weighted by atomic mass is 9.98. The number of rotatable bonds is 2. The molecule has 1 N–H and O–H groups in total. The SMILES string of the molecule is CN(c1ccc(C#N)c(Br)c1F)C1CC2CCC(C1)N2. The number of nitriles is 1. The molecule has 1 aromatic carbocycles. The molecule has 2 aliphatic rings. The number of nitrogens with zero attached hydrogens (tertiary/aromatic N) is 2. The van der Waals surface area contributed by atoms with E-state index in [-0.39, 0.29) is 10.3 Å². The van der Waals surface area contributed by atoms with Crippen LogP contribution in [0.4, 0.5) is 10.1 Å². The fourth-order valence-electron chi connectivity index (χ4n) is 3.44. The molecule has 106 valence electrons. The van der Waals surface area contributed by atoms with Crippen molar-refractivity contribution in [3.63, 3.8) is 0 Å². The van der Waals surface area contributed by atoms with Gasteiger partial charge in [0.25, 0.3) is 0 Å². The maximum Gasteiger partial charge on any atom is 0.161 e. The summed E-state index contributed by atoms with van der Waals surface area (Å²) in [5, 5.41) is 12.5. The number of benzene rings is 1. The Morgan fingerprint density at radius 2 is 2.00 bits per heavy atom. The first-order valence-electron chi connectivity index (χ1n) is 6.97. The van der Waals surface area contributed by atoms with Crippen molar-refractivity contribution in [2.45, 2.75) is 43.8 Å². The maximum atomic E-state index is 14.4. The molecule has 2 saturated heterocycles. The summed E-state index contributed by atoms with van der Waals surface area (Å²) in [5.74, 6) is -0.336. The van der Waals surface area contributed by atoms with Crippen molar-refractivity contribution in [1.82, 2.24) is 5.32 Å². The standard InChI is InChI=1S/C15H17BrFN3/c1-20(12-6-10-3-4-11(7-12)19-10)13-5-2-9(8-18)14(16)15(13)17/h2,5,10-12,19H,3-4,6-7H2,1H3. The average Bonchev–Trinajstić information content (AvgIpc) is 2.79. The van der Waals surface area contributed by atoms with Crippen LogP contribution in [0.25, 0.3) is 0 Å². The smallest absolute Gasteiger partial charge is 0.161 e. The zero-order valence-corrected chi connectivity index (χ0v) is 13.0. The zero-order chi connectivity index (χ0) is 14.3. The molecular formula is C15H17BrFN3. The highest BCUT2D eigenvalue weighted by Crippen LogP contribution is 2.34. The van der Waals surface area contributed by atoms with Crippen LogP contribution in [0.1, 0.15) is 31.2 Å². The van der Waals surface area contributed by atoms with E-state index in [9.17, 15) is 4.39 Å². The van der Waals surface area contributed by atoms with E-state index < -0.39 is 0 Å². The Morgan fingerprint density at radius 1 is 1.35 bits per heavy atom. The minimum Gasteiger partial charge on any atom is -0.369 e. The Balaban J connectivity index is 1.86. The maximum absolute atomic E-state index is 14.4. The summed E-state index contributed by atoms with van der Waals surface area (Å²) in [4.78, 5) is 2.04. The van der Waals surface area contributed by atoms with Gasteiger partial charge in [-0.25, -0.2) is 4.39 Å². The third kappa shape index (κ3) is 2.32. The van der Waals surface area contributed by atoms with Crippen molar-refractivity contribution >= 4 is 21.6 Å². The van der Waals surface area contributed by atoms with Crippen LogP contribution in [0, 0.1) is 17.1 Å². The summed E-state index contributed by atoms with van der Waals surface area (Å²) in [6.07, 6.45) is 4.58. The molecule has 0 aliphatic carbocycles. The summed E-state index contributed by atoms with van der Waals surface area (Å²) in [5.41, 5.74) is 0.909. The second kappa shape index (κ2) is 5.34. The van der Waals surface area contributed by atoms with Crippen molar-refractivity contribution in [2.24, 2.45) is 0 Å². The minimum absolute atomic E-state index is 0.265. The van der Waals surface area contributed by atoms with Crippen molar-refractivity contribution in [3.05, 3.63) is 28.0 Å². The number of hydrogen-bond donors (Lipinski definition) is 1. The number of hydrogen-bond acceptors (Lipinski definition) is 3. The summed E-state index contributed by atoms with van der Waals surface area (Å²) >= 11 is 3.18. The Hall–Kier alpha value is -1.12. The van der Waals surface area contributed by atoms with Crippen molar-refractivity contribution in [1.29, 1.82) is 5.26 Å². The lowest BCUT2D eigenvalue weighted by molar-refractivity contribution is 0.353. The van der Waals surface area contributed by atoms with Crippen LogP contribution in [-0.2, 0) is 0 Å². The molecule has 0 spiro atoms. The second-order valence-electron chi connectivity index (χ2n) is 5.75. The van der Waals surface area contributed by atoms with Gasteiger partial charge in [-0.15, -0.1) is 0 Å². The summed E-state index contributed by atoms with van der Waals surface area (Å²) in [7, 11) is 1.95. The van der Waals surface area contributed by atoms with Crippen LogP contribution in [0.15, 0.2) is 16.6 Å². The Labute approximate surface area is 126 Å².